The second-order valence-electron chi connectivity index (χ2n) is 7.78. The number of nitrogens with zero attached hydrogens (tertiary/aromatic N) is 3. The van der Waals surface area contributed by atoms with Crippen LogP contribution in [0.3, 0.4) is 0 Å². The third-order valence-electron chi connectivity index (χ3n) is 5.87. The summed E-state index contributed by atoms with van der Waals surface area (Å²) >= 11 is 0. The van der Waals surface area contributed by atoms with Crippen LogP contribution in [0, 0.1) is 5.92 Å². The summed E-state index contributed by atoms with van der Waals surface area (Å²) in [6.07, 6.45) is 2.29. The lowest BCUT2D eigenvalue weighted by Crippen LogP contribution is -2.37. The van der Waals surface area contributed by atoms with Gasteiger partial charge >= 0.3 is 0 Å². The number of aryl methyl sites for hydroxylation is 1. The van der Waals surface area contributed by atoms with Gasteiger partial charge in [0, 0.05) is 43.3 Å². The average Bonchev–Trinajstić information content (AvgIpc) is 3.10. The number of anilines is 1. The molecule has 152 valence electrons. The lowest BCUT2D eigenvalue weighted by atomic mass is 9.96. The van der Waals surface area contributed by atoms with Gasteiger partial charge in [-0.25, -0.2) is 0 Å². The van der Waals surface area contributed by atoms with Crippen LogP contribution >= 0.6 is 0 Å². The van der Waals surface area contributed by atoms with E-state index < -0.39 is 6.61 Å². The average molecular weight is 393 g/mol. The van der Waals surface area contributed by atoms with Crippen LogP contribution < -0.4 is 10.2 Å². The molecule has 29 heavy (non-hydrogen) atoms. The number of aliphatic hydroxyl groups is 1. The predicted octanol–water partition coefficient (Wildman–Crippen LogP) is 2.75. The molecule has 0 aliphatic carbocycles. The van der Waals surface area contributed by atoms with Gasteiger partial charge in [0.2, 0.25) is 0 Å². The number of piperidine rings is 1. The van der Waals surface area contributed by atoms with Gasteiger partial charge in [0.05, 0.1) is 11.2 Å². The Hall–Kier alpha value is -2.70. The van der Waals surface area contributed by atoms with Gasteiger partial charge in [-0.2, -0.15) is 5.10 Å². The molecule has 3 aromatic rings. The largest absolute Gasteiger partial charge is 0.388 e. The Bertz CT molecular complexity index is 972. The molecule has 1 aromatic heterocycles. The molecular weight excluding hydrogens is 364 g/mol. The fourth-order valence-electron chi connectivity index (χ4n) is 4.16. The number of carbonyl (C=O) groups excluding carboxylic acids is 1. The van der Waals surface area contributed by atoms with E-state index in [1.54, 1.807) is 12.1 Å². The van der Waals surface area contributed by atoms with E-state index in [4.69, 9.17) is 5.11 Å². The van der Waals surface area contributed by atoms with Crippen molar-refractivity contribution in [2.75, 3.05) is 31.1 Å². The van der Waals surface area contributed by atoms with Crippen molar-refractivity contribution >= 4 is 22.4 Å². The van der Waals surface area contributed by atoms with E-state index in [1.807, 2.05) is 29.9 Å². The monoisotopic (exact) mass is 392 g/mol. The van der Waals surface area contributed by atoms with E-state index in [9.17, 15) is 4.79 Å². The molecule has 2 aromatic carbocycles. The van der Waals surface area contributed by atoms with Gasteiger partial charge in [0.15, 0.2) is 5.78 Å². The molecular formula is C23H28N4O2. The van der Waals surface area contributed by atoms with Gasteiger partial charge in [0.1, 0.15) is 6.61 Å². The Balaban J connectivity index is 1.26. The van der Waals surface area contributed by atoms with E-state index >= 15 is 0 Å². The van der Waals surface area contributed by atoms with Crippen molar-refractivity contribution in [2.45, 2.75) is 19.4 Å². The summed E-state index contributed by atoms with van der Waals surface area (Å²) in [7, 11) is 1.99. The second kappa shape index (κ2) is 8.76. The number of Topliss-reactive ketones (excluding diaryl/α,β-unsaturated/α-hetero) is 1. The molecule has 2 heterocycles. The van der Waals surface area contributed by atoms with Crippen molar-refractivity contribution in [3.05, 3.63) is 59.8 Å². The summed E-state index contributed by atoms with van der Waals surface area (Å²) in [5.74, 6) is 0.429. The van der Waals surface area contributed by atoms with E-state index in [-0.39, 0.29) is 5.78 Å². The number of aromatic nitrogens is 2. The molecule has 6 heteroatoms. The normalized spacial score (nSPS) is 15.2. The first-order valence-corrected chi connectivity index (χ1v) is 10.3. The molecule has 0 amide bonds. The molecule has 4 rings (SSSR count). The molecule has 1 fully saturated rings. The van der Waals surface area contributed by atoms with Crippen LogP contribution in [-0.4, -0.2) is 46.9 Å². The van der Waals surface area contributed by atoms with Crippen molar-refractivity contribution in [2.24, 2.45) is 13.0 Å². The lowest BCUT2D eigenvalue weighted by molar-refractivity contribution is 0.0904. The van der Waals surface area contributed by atoms with Gasteiger partial charge in [-0.05, 0) is 55.6 Å². The van der Waals surface area contributed by atoms with E-state index in [2.05, 4.69) is 33.5 Å². The van der Waals surface area contributed by atoms with Crippen LogP contribution in [0.25, 0.3) is 10.9 Å². The van der Waals surface area contributed by atoms with Gasteiger partial charge in [-0.3, -0.25) is 9.48 Å². The summed E-state index contributed by atoms with van der Waals surface area (Å²) in [6.45, 7) is 3.40. The molecule has 0 spiro atoms. The number of benzene rings is 2. The Labute approximate surface area is 171 Å². The first-order chi connectivity index (χ1) is 14.2. The van der Waals surface area contributed by atoms with Gasteiger partial charge in [-0.15, -0.1) is 0 Å². The molecule has 2 N–H and O–H groups in total. The molecule has 6 nitrogen and oxygen atoms in total. The van der Waals surface area contributed by atoms with Crippen molar-refractivity contribution in [3.8, 4) is 0 Å². The maximum Gasteiger partial charge on any atom is 0.188 e. The third-order valence-corrected chi connectivity index (χ3v) is 5.87. The first-order valence-electron chi connectivity index (χ1n) is 10.3. The zero-order valence-electron chi connectivity index (χ0n) is 16.8. The van der Waals surface area contributed by atoms with Crippen molar-refractivity contribution in [3.63, 3.8) is 0 Å². The molecule has 1 aliphatic heterocycles. The van der Waals surface area contributed by atoms with Crippen LogP contribution in [0.2, 0.25) is 0 Å². The predicted molar refractivity (Wildman–Crippen MR) is 115 cm³/mol. The number of fused-ring (bicyclic) bond motifs is 1. The minimum Gasteiger partial charge on any atom is -0.388 e. The quantitative estimate of drug-likeness (QED) is 0.605. The van der Waals surface area contributed by atoms with Crippen molar-refractivity contribution in [1.29, 1.82) is 0 Å². The number of para-hydroxylation sites is 1. The number of hydrogen-bond acceptors (Lipinski definition) is 5. The fraction of sp³-hybridized carbons (Fsp3) is 0.391. The molecule has 1 saturated heterocycles. The molecule has 0 unspecified atom stereocenters. The van der Waals surface area contributed by atoms with Gasteiger partial charge in [-0.1, -0.05) is 18.2 Å². The summed E-state index contributed by atoms with van der Waals surface area (Å²) in [5.41, 5.74) is 3.99. The Morgan fingerprint density at radius 3 is 2.59 bits per heavy atom. The Morgan fingerprint density at radius 2 is 1.86 bits per heavy atom. The summed E-state index contributed by atoms with van der Waals surface area (Å²) in [5, 5.41) is 18.4. The van der Waals surface area contributed by atoms with E-state index in [0.717, 1.165) is 50.4 Å². The number of hydrogen-bond donors (Lipinski definition) is 2. The minimum absolute atomic E-state index is 0.234. The summed E-state index contributed by atoms with van der Waals surface area (Å²) in [6, 6.07) is 15.9. The molecule has 0 atom stereocenters. The fourth-order valence-corrected chi connectivity index (χ4v) is 4.16. The van der Waals surface area contributed by atoms with Crippen molar-refractivity contribution < 1.29 is 9.90 Å². The number of aliphatic hydroxyl groups excluding tert-OH is 1. The maximum absolute atomic E-state index is 11.5. The number of nitrogens with one attached hydrogen (secondary N) is 1. The maximum atomic E-state index is 11.5. The zero-order valence-corrected chi connectivity index (χ0v) is 16.8. The standard InChI is InChI=1S/C23H28N4O2/c1-26-22-5-3-2-4-20(22)21(25-26)15-24-14-17-10-12-27(13-11-17)19-8-6-18(7-9-19)23(29)16-28/h2-9,17,24,28H,10-16H2,1H3. The SMILES string of the molecule is Cn1nc(CNCC2CCN(c3ccc(C(=O)CO)cc3)CC2)c2ccccc21. The highest BCUT2D eigenvalue weighted by atomic mass is 16.3. The Kier molecular flexibility index (Phi) is 5.92. The summed E-state index contributed by atoms with van der Waals surface area (Å²) in [4.78, 5) is 13.9. The number of ketones is 1. The number of rotatable bonds is 7. The van der Waals surface area contributed by atoms with Crippen LogP contribution in [0.4, 0.5) is 5.69 Å². The van der Waals surface area contributed by atoms with Crippen LogP contribution in [0.15, 0.2) is 48.5 Å². The molecule has 0 radical (unpaired) electrons. The minimum atomic E-state index is -0.438. The van der Waals surface area contributed by atoms with E-state index in [0.29, 0.717) is 11.5 Å². The summed E-state index contributed by atoms with van der Waals surface area (Å²) < 4.78 is 1.95. The number of carbonyl (C=O) groups is 1. The Morgan fingerprint density at radius 1 is 1.14 bits per heavy atom. The van der Waals surface area contributed by atoms with Crippen LogP contribution in [0.5, 0.6) is 0 Å². The highest BCUT2D eigenvalue weighted by Gasteiger charge is 2.20. The van der Waals surface area contributed by atoms with E-state index in [1.165, 1.54) is 10.9 Å². The zero-order chi connectivity index (χ0) is 20.2. The lowest BCUT2D eigenvalue weighted by Gasteiger charge is -2.33. The highest BCUT2D eigenvalue weighted by molar-refractivity contribution is 5.97. The first kappa shape index (κ1) is 19.6. The topological polar surface area (TPSA) is 70.4 Å². The molecule has 0 saturated carbocycles. The highest BCUT2D eigenvalue weighted by Crippen LogP contribution is 2.24. The molecule has 1 aliphatic rings. The van der Waals surface area contributed by atoms with Crippen LogP contribution in [-0.2, 0) is 13.6 Å². The third kappa shape index (κ3) is 4.33. The van der Waals surface area contributed by atoms with Crippen molar-refractivity contribution in [1.82, 2.24) is 15.1 Å². The van der Waals surface area contributed by atoms with Crippen LogP contribution in [0.1, 0.15) is 28.9 Å². The smallest absolute Gasteiger partial charge is 0.188 e. The van der Waals surface area contributed by atoms with Gasteiger partial charge < -0.3 is 15.3 Å². The molecule has 0 bridgehead atoms. The second-order valence-corrected chi connectivity index (χ2v) is 7.78. The van der Waals surface area contributed by atoms with Gasteiger partial charge in [0.25, 0.3) is 0 Å².